The molecule has 0 saturated carbocycles. The number of esters is 1. The maximum Gasteiger partial charge on any atom is 0.319 e. The average molecular weight is 340 g/mol. The van der Waals surface area contributed by atoms with Gasteiger partial charge in [0.05, 0.1) is 11.5 Å². The fraction of sp³-hybridized carbons (Fsp3) is 0.385. The van der Waals surface area contributed by atoms with E-state index in [-0.39, 0.29) is 12.5 Å². The van der Waals surface area contributed by atoms with Gasteiger partial charge in [-0.1, -0.05) is 17.8 Å². The van der Waals surface area contributed by atoms with Crippen molar-refractivity contribution in [2.75, 3.05) is 6.61 Å². The lowest BCUT2D eigenvalue weighted by Crippen LogP contribution is -2.21. The lowest BCUT2D eigenvalue weighted by Gasteiger charge is -2.11. The fourth-order valence-corrected chi connectivity index (χ4v) is 3.29. The van der Waals surface area contributed by atoms with Gasteiger partial charge in [0.15, 0.2) is 11.0 Å². The van der Waals surface area contributed by atoms with Gasteiger partial charge in [0.2, 0.25) is 5.91 Å². The Kier molecular flexibility index (Phi) is 5.56. The molecule has 2 N–H and O–H groups in total. The summed E-state index contributed by atoms with van der Waals surface area (Å²) < 4.78 is 6.59. The summed E-state index contributed by atoms with van der Waals surface area (Å²) in [6.07, 6.45) is 0. The molecule has 0 saturated heterocycles. The van der Waals surface area contributed by atoms with Gasteiger partial charge in [-0.05, 0) is 25.3 Å². The van der Waals surface area contributed by atoms with Crippen LogP contribution in [0.5, 0.6) is 0 Å². The standard InChI is InChI=1S/C13H16N4O3S2/c1-3-20-12(19)8(2)22-13-16-15-11(9-5-4-6-21-9)17(13)7-10(14)18/h4-6,8H,3,7H2,1-2H3,(H2,14,18)/t8-/m0/s1. The zero-order valence-electron chi connectivity index (χ0n) is 12.2. The van der Waals surface area contributed by atoms with Crippen LogP contribution in [0.15, 0.2) is 22.7 Å². The summed E-state index contributed by atoms with van der Waals surface area (Å²) in [6.45, 7) is 3.74. The number of hydrogen-bond acceptors (Lipinski definition) is 7. The van der Waals surface area contributed by atoms with Crippen LogP contribution in [0.3, 0.4) is 0 Å². The van der Waals surface area contributed by atoms with Gasteiger partial charge < -0.3 is 10.5 Å². The number of ether oxygens (including phenoxy) is 1. The predicted octanol–water partition coefficient (Wildman–Crippen LogP) is 1.54. The Balaban J connectivity index is 2.27. The second-order valence-corrected chi connectivity index (χ2v) is 6.60. The number of primary amides is 1. The van der Waals surface area contributed by atoms with E-state index < -0.39 is 11.2 Å². The minimum atomic E-state index is -0.497. The highest BCUT2D eigenvalue weighted by atomic mass is 32.2. The highest BCUT2D eigenvalue weighted by Gasteiger charge is 2.22. The molecule has 0 aliphatic carbocycles. The molecule has 0 bridgehead atoms. The first-order valence-corrected chi connectivity index (χ1v) is 8.37. The Morgan fingerprint density at radius 2 is 2.27 bits per heavy atom. The molecule has 2 aromatic rings. The van der Waals surface area contributed by atoms with E-state index in [2.05, 4.69) is 10.2 Å². The number of rotatable bonds is 7. The molecular formula is C13H16N4O3S2. The van der Waals surface area contributed by atoms with Gasteiger partial charge in [0.25, 0.3) is 0 Å². The SMILES string of the molecule is CCOC(=O)[C@H](C)Sc1nnc(-c2cccs2)n1CC(N)=O. The Morgan fingerprint density at radius 3 is 2.86 bits per heavy atom. The summed E-state index contributed by atoms with van der Waals surface area (Å²) in [7, 11) is 0. The molecule has 9 heteroatoms. The third-order valence-corrected chi connectivity index (χ3v) is 4.60. The molecule has 1 amide bonds. The molecule has 0 spiro atoms. The van der Waals surface area contributed by atoms with Crippen LogP contribution < -0.4 is 5.73 Å². The van der Waals surface area contributed by atoms with E-state index >= 15 is 0 Å². The number of hydrogen-bond donors (Lipinski definition) is 1. The second-order valence-electron chi connectivity index (χ2n) is 4.35. The van der Waals surface area contributed by atoms with Crippen molar-refractivity contribution in [3.05, 3.63) is 17.5 Å². The van der Waals surface area contributed by atoms with Gasteiger partial charge in [0, 0.05) is 0 Å². The Hall–Kier alpha value is -1.87. The number of amides is 1. The van der Waals surface area contributed by atoms with Gasteiger partial charge in [-0.15, -0.1) is 21.5 Å². The first-order chi connectivity index (χ1) is 10.5. The maximum atomic E-state index is 11.7. The zero-order valence-corrected chi connectivity index (χ0v) is 13.8. The zero-order chi connectivity index (χ0) is 16.1. The van der Waals surface area contributed by atoms with Gasteiger partial charge in [-0.3, -0.25) is 14.2 Å². The number of thiophene rings is 1. The third kappa shape index (κ3) is 3.86. The van der Waals surface area contributed by atoms with E-state index in [0.717, 1.165) is 4.88 Å². The first-order valence-electron chi connectivity index (χ1n) is 6.61. The maximum absolute atomic E-state index is 11.7. The molecule has 22 heavy (non-hydrogen) atoms. The molecule has 0 radical (unpaired) electrons. The van der Waals surface area contributed by atoms with Crippen LogP contribution in [0, 0.1) is 0 Å². The Labute approximate surface area is 135 Å². The number of aromatic nitrogens is 3. The van der Waals surface area contributed by atoms with Gasteiger partial charge in [-0.2, -0.15) is 0 Å². The lowest BCUT2D eigenvalue weighted by molar-refractivity contribution is -0.142. The molecule has 2 rings (SSSR count). The molecule has 7 nitrogen and oxygen atoms in total. The van der Waals surface area contributed by atoms with Gasteiger partial charge in [0.1, 0.15) is 11.8 Å². The topological polar surface area (TPSA) is 100 Å². The molecule has 0 aromatic carbocycles. The number of nitrogens with zero attached hydrogens (tertiary/aromatic N) is 3. The quantitative estimate of drug-likeness (QED) is 0.606. The largest absolute Gasteiger partial charge is 0.465 e. The summed E-state index contributed by atoms with van der Waals surface area (Å²) >= 11 is 2.68. The molecule has 0 unspecified atom stereocenters. The van der Waals surface area contributed by atoms with Crippen molar-refractivity contribution in [3.63, 3.8) is 0 Å². The minimum absolute atomic E-state index is 0.0435. The van der Waals surface area contributed by atoms with Crippen molar-refractivity contribution in [2.45, 2.75) is 30.8 Å². The van der Waals surface area contributed by atoms with E-state index in [1.165, 1.54) is 23.1 Å². The molecule has 118 valence electrons. The fourth-order valence-electron chi connectivity index (χ4n) is 1.73. The van der Waals surface area contributed by atoms with E-state index in [0.29, 0.717) is 17.6 Å². The van der Waals surface area contributed by atoms with Crippen molar-refractivity contribution in [3.8, 4) is 10.7 Å². The van der Waals surface area contributed by atoms with Crippen LogP contribution in [0.25, 0.3) is 10.7 Å². The van der Waals surface area contributed by atoms with Crippen molar-refractivity contribution in [1.29, 1.82) is 0 Å². The van der Waals surface area contributed by atoms with Gasteiger partial charge >= 0.3 is 5.97 Å². The molecule has 2 aromatic heterocycles. The Morgan fingerprint density at radius 1 is 1.50 bits per heavy atom. The van der Waals surface area contributed by atoms with Crippen LogP contribution in [0.1, 0.15) is 13.8 Å². The molecule has 0 fully saturated rings. The van der Waals surface area contributed by atoms with E-state index in [9.17, 15) is 9.59 Å². The monoisotopic (exact) mass is 340 g/mol. The van der Waals surface area contributed by atoms with Crippen molar-refractivity contribution >= 4 is 35.0 Å². The summed E-state index contributed by atoms with van der Waals surface area (Å²) in [5, 5.41) is 10.1. The Bertz CT molecular complexity index is 654. The molecular weight excluding hydrogens is 324 g/mol. The minimum Gasteiger partial charge on any atom is -0.465 e. The van der Waals surface area contributed by atoms with Crippen LogP contribution in [-0.4, -0.2) is 38.5 Å². The van der Waals surface area contributed by atoms with Crippen LogP contribution >= 0.6 is 23.1 Å². The van der Waals surface area contributed by atoms with Crippen molar-refractivity contribution < 1.29 is 14.3 Å². The van der Waals surface area contributed by atoms with E-state index in [1.54, 1.807) is 18.4 Å². The molecule has 0 aliphatic heterocycles. The average Bonchev–Trinajstić information content (AvgIpc) is 3.09. The van der Waals surface area contributed by atoms with Gasteiger partial charge in [-0.25, -0.2) is 0 Å². The number of carbonyl (C=O) groups is 2. The van der Waals surface area contributed by atoms with E-state index in [4.69, 9.17) is 10.5 Å². The summed E-state index contributed by atoms with van der Waals surface area (Å²) in [5.74, 6) is -0.269. The first kappa shape index (κ1) is 16.5. The number of carbonyl (C=O) groups excluding carboxylic acids is 2. The van der Waals surface area contributed by atoms with Crippen LogP contribution in [0.4, 0.5) is 0 Å². The third-order valence-electron chi connectivity index (χ3n) is 2.67. The smallest absolute Gasteiger partial charge is 0.319 e. The number of thioether (sulfide) groups is 1. The normalized spacial score (nSPS) is 12.1. The lowest BCUT2D eigenvalue weighted by atomic mass is 10.4. The molecule has 2 heterocycles. The molecule has 0 aliphatic rings. The summed E-state index contributed by atoms with van der Waals surface area (Å²) in [6, 6.07) is 3.77. The van der Waals surface area contributed by atoms with Crippen LogP contribution in [0.2, 0.25) is 0 Å². The summed E-state index contributed by atoms with van der Waals surface area (Å²) in [5.41, 5.74) is 5.30. The number of nitrogens with two attached hydrogens (primary N) is 1. The highest BCUT2D eigenvalue weighted by molar-refractivity contribution is 8.00. The van der Waals surface area contributed by atoms with E-state index in [1.807, 2.05) is 17.5 Å². The second kappa shape index (κ2) is 7.41. The highest BCUT2D eigenvalue weighted by Crippen LogP contribution is 2.29. The van der Waals surface area contributed by atoms with Crippen LogP contribution in [-0.2, 0) is 20.9 Å². The summed E-state index contributed by atoms with van der Waals surface area (Å²) in [4.78, 5) is 23.9. The van der Waals surface area contributed by atoms with Crippen molar-refractivity contribution in [2.24, 2.45) is 5.73 Å². The molecule has 1 atom stereocenters. The predicted molar refractivity (Wildman–Crippen MR) is 84.5 cm³/mol. The van der Waals surface area contributed by atoms with Crippen molar-refractivity contribution in [1.82, 2.24) is 14.8 Å².